The monoisotopic (exact) mass is 758 g/mol. The van der Waals surface area contributed by atoms with Gasteiger partial charge in [-0.05, 0) is 82.0 Å². The second-order valence-electron chi connectivity index (χ2n) is 14.1. The van der Waals surface area contributed by atoms with Crippen molar-refractivity contribution in [2.75, 3.05) is 27.4 Å². The fourth-order valence-electron chi connectivity index (χ4n) is 6.92. The van der Waals surface area contributed by atoms with Gasteiger partial charge in [-0.2, -0.15) is 0 Å². The largest absolute Gasteiger partial charge is 0.497 e. The van der Waals surface area contributed by atoms with Crippen molar-refractivity contribution in [2.24, 2.45) is 4.99 Å². The molecule has 12 nitrogen and oxygen atoms in total. The quantitative estimate of drug-likeness (QED) is 0.0867. The first-order chi connectivity index (χ1) is 26.0. The fraction of sp³-hybridized carbons (Fsp3) is 0.439. The summed E-state index contributed by atoms with van der Waals surface area (Å²) in [4.78, 5) is 32.2. The van der Waals surface area contributed by atoms with Crippen molar-refractivity contribution in [3.05, 3.63) is 128 Å². The van der Waals surface area contributed by atoms with E-state index in [1.165, 1.54) is 4.57 Å². The molecule has 2 unspecified atom stereocenters. The number of aliphatic imine (C=N–C) groups is 1. The number of rotatable bonds is 18. The summed E-state index contributed by atoms with van der Waals surface area (Å²) in [6.07, 6.45) is 2.64. The highest BCUT2D eigenvalue weighted by atomic mass is 31.2. The lowest BCUT2D eigenvalue weighted by molar-refractivity contribution is -0.0926. The van der Waals surface area contributed by atoms with Gasteiger partial charge >= 0.3 is 5.69 Å². The molecule has 54 heavy (non-hydrogen) atoms. The molecule has 13 heteroatoms. The molecule has 0 radical (unpaired) electrons. The van der Waals surface area contributed by atoms with Crippen LogP contribution in [-0.2, 0) is 24.1 Å². The van der Waals surface area contributed by atoms with Gasteiger partial charge < -0.3 is 28.0 Å². The van der Waals surface area contributed by atoms with E-state index < -0.39 is 43.8 Å². The Morgan fingerprint density at radius 2 is 1.48 bits per heavy atom. The third-order valence-electron chi connectivity index (χ3n) is 9.72. The minimum Gasteiger partial charge on any atom is -0.497 e. The van der Waals surface area contributed by atoms with Gasteiger partial charge in [0.2, 0.25) is 0 Å². The van der Waals surface area contributed by atoms with E-state index in [2.05, 4.69) is 42.3 Å². The average molecular weight is 759 g/mol. The molecule has 3 heterocycles. The molecule has 0 aliphatic carbocycles. The highest BCUT2D eigenvalue weighted by molar-refractivity contribution is 7.44. The number of benzene rings is 3. The topological polar surface area (TPSA) is 126 Å². The van der Waals surface area contributed by atoms with Crippen LogP contribution in [0.25, 0.3) is 0 Å². The predicted octanol–water partition coefficient (Wildman–Crippen LogP) is 6.75. The molecule has 3 aromatic carbocycles. The molecule has 4 aromatic rings. The van der Waals surface area contributed by atoms with E-state index >= 15 is 0 Å². The van der Waals surface area contributed by atoms with Crippen molar-refractivity contribution in [1.82, 2.24) is 14.2 Å². The van der Waals surface area contributed by atoms with E-state index in [9.17, 15) is 9.59 Å². The number of aryl methyl sites for hydroxylation is 1. The Morgan fingerprint density at radius 1 is 0.907 bits per heavy atom. The summed E-state index contributed by atoms with van der Waals surface area (Å²) < 4.78 is 42.3. The first-order valence-corrected chi connectivity index (χ1v) is 19.5. The molecule has 2 aliphatic heterocycles. The standard InChI is InChI=1S/C41H51N4O8P/c1-27(2)45(28(3)4)54(51-22-21-33-24-42-33)53-36-23-38(44-25-29(5)39(46)43-40(44)47)52-37(36)26-50-41(30-11-9-8-10-12-30,31-13-17-34(48-6)18-14-31)32-15-19-35(49-7)20-16-32/h8-20,24-25,27-28,33,36-38H,21-23,26H2,1-7H3,(H,43,46,47)/t33?,36-,37+,38+,54?/m0/s1. The van der Waals surface area contributed by atoms with E-state index in [0.717, 1.165) is 23.1 Å². The number of ether oxygens (including phenoxy) is 4. The van der Waals surface area contributed by atoms with Crippen LogP contribution < -0.4 is 20.7 Å². The first kappa shape index (κ1) is 39.5. The molecular weight excluding hydrogens is 707 g/mol. The predicted molar refractivity (Wildman–Crippen MR) is 210 cm³/mol. The van der Waals surface area contributed by atoms with Crippen LogP contribution in [0.15, 0.2) is 99.6 Å². The number of aromatic nitrogens is 2. The van der Waals surface area contributed by atoms with E-state index in [-0.39, 0.29) is 24.7 Å². The van der Waals surface area contributed by atoms with Gasteiger partial charge in [-0.3, -0.25) is 19.3 Å². The Labute approximate surface area is 318 Å². The van der Waals surface area contributed by atoms with Crippen LogP contribution in [0.5, 0.6) is 11.5 Å². The Balaban J connectivity index is 1.41. The third-order valence-corrected chi connectivity index (χ3v) is 11.9. The van der Waals surface area contributed by atoms with Gasteiger partial charge in [0.25, 0.3) is 14.1 Å². The summed E-state index contributed by atoms with van der Waals surface area (Å²) in [5.41, 5.74) is 0.949. The van der Waals surface area contributed by atoms with E-state index in [1.54, 1.807) is 27.3 Å². The van der Waals surface area contributed by atoms with Gasteiger partial charge in [0.15, 0.2) is 0 Å². The summed E-state index contributed by atoms with van der Waals surface area (Å²) in [5.74, 6) is 1.43. The van der Waals surface area contributed by atoms with Crippen molar-refractivity contribution in [3.63, 3.8) is 0 Å². The maximum absolute atomic E-state index is 13.2. The van der Waals surface area contributed by atoms with E-state index in [4.69, 9.17) is 28.0 Å². The van der Waals surface area contributed by atoms with Crippen LogP contribution >= 0.6 is 8.53 Å². The number of nitrogens with one attached hydrogen (secondary N) is 1. The SMILES string of the molecule is COc1ccc(C(OC[C@H]2O[C@@H](n3cc(C)c(=O)[nH]c3=O)C[C@@H]2OP(OCCC2C=N2)N(C(C)C)C(C)C)(c2ccccc2)c2ccc(OC)cc2)cc1. The molecule has 0 saturated carbocycles. The van der Waals surface area contributed by atoms with Crippen LogP contribution in [0.2, 0.25) is 0 Å². The maximum atomic E-state index is 13.2. The molecule has 5 atom stereocenters. The van der Waals surface area contributed by atoms with Crippen LogP contribution in [0.3, 0.4) is 0 Å². The number of aromatic amines is 1. The number of methoxy groups -OCH3 is 2. The van der Waals surface area contributed by atoms with Gasteiger partial charge in [0.1, 0.15) is 29.4 Å². The van der Waals surface area contributed by atoms with Crippen LogP contribution in [-0.4, -0.2) is 78.2 Å². The normalized spacial score (nSPS) is 20.2. The zero-order valence-corrected chi connectivity index (χ0v) is 32.9. The Hall–Kier alpha value is -4.16. The molecule has 1 fully saturated rings. The number of H-pyrrole nitrogens is 1. The molecule has 6 rings (SSSR count). The van der Waals surface area contributed by atoms with Crippen LogP contribution in [0.4, 0.5) is 0 Å². The second kappa shape index (κ2) is 17.5. The summed E-state index contributed by atoms with van der Waals surface area (Å²) >= 11 is 0. The molecule has 0 amide bonds. The van der Waals surface area contributed by atoms with Gasteiger partial charge in [-0.25, -0.2) is 9.46 Å². The smallest absolute Gasteiger partial charge is 0.330 e. The lowest BCUT2D eigenvalue weighted by Gasteiger charge is -2.39. The van der Waals surface area contributed by atoms with E-state index in [1.807, 2.05) is 85.1 Å². The molecule has 0 spiro atoms. The number of hydrogen-bond acceptors (Lipinski definition) is 10. The molecule has 1 aromatic heterocycles. The first-order valence-electron chi connectivity index (χ1n) is 18.4. The zero-order valence-electron chi connectivity index (χ0n) is 32.0. The summed E-state index contributed by atoms with van der Waals surface area (Å²) in [7, 11) is 1.72. The summed E-state index contributed by atoms with van der Waals surface area (Å²) in [6.45, 7) is 10.7. The zero-order chi connectivity index (χ0) is 38.4. The van der Waals surface area contributed by atoms with Gasteiger partial charge in [0.05, 0.1) is 39.6 Å². The number of nitrogens with zero attached hydrogens (tertiary/aromatic N) is 3. The van der Waals surface area contributed by atoms with Crippen LogP contribution in [0, 0.1) is 6.92 Å². The highest BCUT2D eigenvalue weighted by Gasteiger charge is 2.45. The molecular formula is C41H51N4O8P. The third kappa shape index (κ3) is 8.86. The fourth-order valence-corrected chi connectivity index (χ4v) is 8.69. The summed E-state index contributed by atoms with van der Waals surface area (Å²) in [6, 6.07) is 26.2. The second-order valence-corrected chi connectivity index (χ2v) is 15.5. The average Bonchev–Trinajstić information content (AvgIpc) is 3.92. The van der Waals surface area contributed by atoms with E-state index in [0.29, 0.717) is 30.1 Å². The Bertz CT molecular complexity index is 1900. The van der Waals surface area contributed by atoms with Crippen molar-refractivity contribution < 1.29 is 28.0 Å². The van der Waals surface area contributed by atoms with Crippen molar-refractivity contribution in [3.8, 4) is 11.5 Å². The highest BCUT2D eigenvalue weighted by Crippen LogP contribution is 2.51. The molecule has 0 bridgehead atoms. The van der Waals surface area contributed by atoms with Crippen molar-refractivity contribution in [2.45, 2.75) is 89.6 Å². The van der Waals surface area contributed by atoms with Gasteiger partial charge in [0, 0.05) is 36.5 Å². The molecule has 2 aliphatic rings. The van der Waals surface area contributed by atoms with Crippen LogP contribution in [0.1, 0.15) is 69.0 Å². The molecule has 1 N–H and O–H groups in total. The lowest BCUT2D eigenvalue weighted by Crippen LogP contribution is -2.39. The minimum absolute atomic E-state index is 0.0770. The minimum atomic E-state index is -1.56. The lowest BCUT2D eigenvalue weighted by atomic mass is 9.80. The number of hydrogen-bond donors (Lipinski definition) is 1. The molecule has 288 valence electrons. The van der Waals surface area contributed by atoms with Crippen molar-refractivity contribution >= 4 is 14.7 Å². The Kier molecular flexibility index (Phi) is 12.8. The van der Waals surface area contributed by atoms with Gasteiger partial charge in [-0.15, -0.1) is 0 Å². The Morgan fingerprint density at radius 3 is 2.02 bits per heavy atom. The molecule has 1 saturated heterocycles. The van der Waals surface area contributed by atoms with Crippen molar-refractivity contribution in [1.29, 1.82) is 0 Å². The van der Waals surface area contributed by atoms with Gasteiger partial charge in [-0.1, -0.05) is 54.6 Å². The summed E-state index contributed by atoms with van der Waals surface area (Å²) in [5, 5.41) is 0. The maximum Gasteiger partial charge on any atom is 0.330 e.